The van der Waals surface area contributed by atoms with Crippen LogP contribution in [0, 0.1) is 0 Å². The van der Waals surface area contributed by atoms with Gasteiger partial charge in [-0.25, -0.2) is 0 Å². The Kier molecular flexibility index (Phi) is 50.7. The normalized spacial score (nSPS) is 14.0. The highest BCUT2D eigenvalue weighted by Crippen LogP contribution is 2.18. The van der Waals surface area contributed by atoms with E-state index in [2.05, 4.69) is 80.8 Å². The number of hydrogen-bond acceptors (Lipinski definition) is 5. The van der Waals surface area contributed by atoms with Gasteiger partial charge in [-0.05, 0) is 77.0 Å². The summed E-state index contributed by atoms with van der Waals surface area (Å²) in [6.45, 7) is 6.22. The molecule has 6 nitrogen and oxygen atoms in total. The first-order valence-corrected chi connectivity index (χ1v) is 27.7. The lowest BCUT2D eigenvalue weighted by Crippen LogP contribution is -2.46. The first-order valence-electron chi connectivity index (χ1n) is 27.7. The highest BCUT2D eigenvalue weighted by atomic mass is 16.5. The summed E-state index contributed by atoms with van der Waals surface area (Å²) in [6, 6.07) is -0.727. The van der Waals surface area contributed by atoms with Crippen molar-refractivity contribution in [2.24, 2.45) is 0 Å². The van der Waals surface area contributed by atoms with Crippen LogP contribution in [-0.4, -0.2) is 46.9 Å². The fraction of sp³-hybridized carbons (Fsp3) is 0.672. The molecule has 3 unspecified atom stereocenters. The van der Waals surface area contributed by atoms with Crippen molar-refractivity contribution in [2.75, 3.05) is 6.61 Å². The van der Waals surface area contributed by atoms with E-state index in [1.807, 2.05) is 54.7 Å². The highest BCUT2D eigenvalue weighted by Gasteiger charge is 2.24. The molecule has 0 aromatic carbocycles. The number of rotatable bonds is 48. The third kappa shape index (κ3) is 48.8. The van der Waals surface area contributed by atoms with Crippen LogP contribution in [-0.2, 0) is 14.3 Å². The lowest BCUT2D eigenvalue weighted by atomic mass is 10.0. The van der Waals surface area contributed by atoms with Gasteiger partial charge in [0.25, 0.3) is 0 Å². The second-order valence-corrected chi connectivity index (χ2v) is 18.4. The van der Waals surface area contributed by atoms with Crippen LogP contribution in [0.2, 0.25) is 0 Å². The van der Waals surface area contributed by atoms with Crippen LogP contribution in [0.15, 0.2) is 109 Å². The molecule has 67 heavy (non-hydrogen) atoms. The molecule has 0 aliphatic carbocycles. The Morgan fingerprint density at radius 3 is 1.40 bits per heavy atom. The molecule has 0 heterocycles. The smallest absolute Gasteiger partial charge is 0.306 e. The van der Waals surface area contributed by atoms with Gasteiger partial charge < -0.3 is 20.3 Å². The van der Waals surface area contributed by atoms with Crippen molar-refractivity contribution in [1.82, 2.24) is 5.32 Å². The van der Waals surface area contributed by atoms with Crippen molar-refractivity contribution in [1.29, 1.82) is 0 Å². The average Bonchev–Trinajstić information content (AvgIpc) is 3.32. The summed E-state index contributed by atoms with van der Waals surface area (Å²) in [5, 5.41) is 23.9. The van der Waals surface area contributed by atoms with E-state index in [-0.39, 0.29) is 24.9 Å². The minimum absolute atomic E-state index is 0.0378. The minimum atomic E-state index is -0.810. The fourth-order valence-corrected chi connectivity index (χ4v) is 7.89. The Morgan fingerprint density at radius 1 is 0.463 bits per heavy atom. The predicted molar refractivity (Wildman–Crippen MR) is 291 cm³/mol. The van der Waals surface area contributed by atoms with Gasteiger partial charge in [-0.2, -0.15) is 0 Å². The molecule has 0 saturated heterocycles. The van der Waals surface area contributed by atoms with E-state index in [0.29, 0.717) is 19.3 Å². The molecule has 3 atom stereocenters. The zero-order valence-corrected chi connectivity index (χ0v) is 43.5. The van der Waals surface area contributed by atoms with Crippen molar-refractivity contribution in [2.45, 2.75) is 257 Å². The molecule has 3 N–H and O–H groups in total. The van der Waals surface area contributed by atoms with Gasteiger partial charge in [-0.1, -0.05) is 259 Å². The van der Waals surface area contributed by atoms with Crippen molar-refractivity contribution in [3.05, 3.63) is 109 Å². The molecule has 0 aliphatic rings. The fourth-order valence-electron chi connectivity index (χ4n) is 7.89. The van der Waals surface area contributed by atoms with Crippen molar-refractivity contribution < 1.29 is 24.5 Å². The molecule has 0 bridgehead atoms. The van der Waals surface area contributed by atoms with Crippen LogP contribution in [0.25, 0.3) is 0 Å². The molecule has 0 rings (SSSR count). The molecule has 0 aromatic heterocycles. The van der Waals surface area contributed by atoms with Crippen molar-refractivity contribution in [3.63, 3.8) is 0 Å². The first-order chi connectivity index (χ1) is 33.0. The van der Waals surface area contributed by atoms with Gasteiger partial charge in [0, 0.05) is 6.42 Å². The third-order valence-electron chi connectivity index (χ3n) is 12.0. The number of carbonyl (C=O) groups is 2. The molecule has 0 saturated carbocycles. The molecule has 382 valence electrons. The third-order valence-corrected chi connectivity index (χ3v) is 12.0. The molecule has 6 heteroatoms. The number of ether oxygens (including phenoxy) is 1. The first kappa shape index (κ1) is 63.5. The van der Waals surface area contributed by atoms with E-state index in [1.54, 1.807) is 0 Å². The summed E-state index contributed by atoms with van der Waals surface area (Å²) < 4.78 is 5.92. The molecule has 1 amide bonds. The topological polar surface area (TPSA) is 95.9 Å². The van der Waals surface area contributed by atoms with E-state index < -0.39 is 18.2 Å². The molecular formula is C61H103NO5. The SMILES string of the molecule is CC\C=C/C=C/C=C/C=C\C=C\C=C\CCCCCC(=O)OC(CCCCCC/C=C/C/C=C/C/C=C/CC)CC(=O)NC(CO)C(O)CCCCCCCCCCCCCCCCCCC. The zero-order chi connectivity index (χ0) is 48.8. The standard InChI is InChI=1S/C61H103NO5/c1-4-7-10-13-16-19-22-25-28-30-32-35-38-41-44-47-50-53-59(64)58(56-63)62-60(65)55-57(52-49-46-43-40-37-34-27-24-21-18-15-12-9-6-3)67-61(66)54-51-48-45-42-39-36-33-31-29-26-23-20-17-14-11-8-5-2/h8-9,11-12,14,17-18,20-21,23,26-27,29,31,33-34,36,39,57-59,63-64H,4-7,10,13,15-16,19,22,24-25,28,30,32,35,37-38,40-56H2,1-3H3,(H,62,65)/b11-8-,12-9+,17-14+,21-18+,23-20+,29-26-,33-31+,34-27+,39-36+. The van der Waals surface area contributed by atoms with Crippen LogP contribution >= 0.6 is 0 Å². The Bertz CT molecular complexity index is 1370. The van der Waals surface area contributed by atoms with E-state index in [0.717, 1.165) is 103 Å². The van der Waals surface area contributed by atoms with Crippen molar-refractivity contribution in [3.8, 4) is 0 Å². The number of aliphatic hydroxyl groups is 2. The zero-order valence-electron chi connectivity index (χ0n) is 43.5. The van der Waals surface area contributed by atoms with Crippen LogP contribution in [0.5, 0.6) is 0 Å². The quantitative estimate of drug-likeness (QED) is 0.0244. The van der Waals surface area contributed by atoms with Gasteiger partial charge >= 0.3 is 5.97 Å². The molecular weight excluding hydrogens is 827 g/mol. The second kappa shape index (κ2) is 53.5. The van der Waals surface area contributed by atoms with Crippen LogP contribution in [0.1, 0.15) is 239 Å². The number of carbonyl (C=O) groups excluding carboxylic acids is 2. The van der Waals surface area contributed by atoms with E-state index in [1.165, 1.54) is 89.9 Å². The van der Waals surface area contributed by atoms with Crippen LogP contribution in [0.3, 0.4) is 0 Å². The number of hydrogen-bond donors (Lipinski definition) is 3. The average molecular weight is 930 g/mol. The summed E-state index contributed by atoms with van der Waals surface area (Å²) in [5.74, 6) is -0.553. The monoisotopic (exact) mass is 930 g/mol. The number of unbranched alkanes of at least 4 members (excludes halogenated alkanes) is 23. The summed E-state index contributed by atoms with van der Waals surface area (Å²) in [7, 11) is 0. The van der Waals surface area contributed by atoms with Gasteiger partial charge in [0.1, 0.15) is 6.10 Å². The Balaban J connectivity index is 4.67. The molecule has 0 fully saturated rings. The number of allylic oxidation sites excluding steroid dienone is 18. The van der Waals surface area contributed by atoms with Gasteiger partial charge in [-0.3, -0.25) is 9.59 Å². The van der Waals surface area contributed by atoms with Gasteiger partial charge in [-0.15, -0.1) is 0 Å². The highest BCUT2D eigenvalue weighted by molar-refractivity contribution is 5.77. The van der Waals surface area contributed by atoms with E-state index in [9.17, 15) is 19.8 Å². The molecule has 0 radical (unpaired) electrons. The largest absolute Gasteiger partial charge is 0.462 e. The number of amides is 1. The Morgan fingerprint density at radius 2 is 0.881 bits per heavy atom. The lowest BCUT2D eigenvalue weighted by Gasteiger charge is -2.24. The number of aliphatic hydroxyl groups excluding tert-OH is 2. The summed E-state index contributed by atoms with van der Waals surface area (Å²) in [4.78, 5) is 26.2. The molecule has 0 aliphatic heterocycles. The maximum absolute atomic E-state index is 13.3. The molecule has 0 spiro atoms. The number of esters is 1. The van der Waals surface area contributed by atoms with Crippen LogP contribution < -0.4 is 5.32 Å². The minimum Gasteiger partial charge on any atom is -0.462 e. The van der Waals surface area contributed by atoms with E-state index in [4.69, 9.17) is 4.74 Å². The van der Waals surface area contributed by atoms with Crippen molar-refractivity contribution >= 4 is 11.9 Å². The van der Waals surface area contributed by atoms with Crippen LogP contribution in [0.4, 0.5) is 0 Å². The Hall–Kier alpha value is -3.48. The summed E-state index contributed by atoms with van der Waals surface area (Å²) in [5.41, 5.74) is 0. The predicted octanol–water partition coefficient (Wildman–Crippen LogP) is 17.1. The van der Waals surface area contributed by atoms with E-state index >= 15 is 0 Å². The number of nitrogens with one attached hydrogen (secondary N) is 1. The maximum atomic E-state index is 13.3. The summed E-state index contributed by atoms with van der Waals surface area (Å²) >= 11 is 0. The van der Waals surface area contributed by atoms with Gasteiger partial charge in [0.2, 0.25) is 5.91 Å². The second-order valence-electron chi connectivity index (χ2n) is 18.4. The Labute approximate surface area is 413 Å². The summed E-state index contributed by atoms with van der Waals surface area (Å²) in [6.07, 6.45) is 72.9. The molecule has 0 aromatic rings. The maximum Gasteiger partial charge on any atom is 0.306 e. The van der Waals surface area contributed by atoms with Gasteiger partial charge in [0.15, 0.2) is 0 Å². The lowest BCUT2D eigenvalue weighted by molar-refractivity contribution is -0.151. The van der Waals surface area contributed by atoms with Gasteiger partial charge in [0.05, 0.1) is 25.2 Å².